The van der Waals surface area contributed by atoms with Gasteiger partial charge in [0.25, 0.3) is 0 Å². The normalized spacial score (nSPS) is 15.2. The quantitative estimate of drug-likeness (QED) is 0.691. The molecule has 0 saturated carbocycles. The molecular weight excluding hydrogens is 416 g/mol. The van der Waals surface area contributed by atoms with E-state index in [4.69, 9.17) is 9.47 Å². The molecule has 7 nitrogen and oxygen atoms in total. The molecule has 31 heavy (non-hydrogen) atoms. The van der Waals surface area contributed by atoms with Crippen molar-refractivity contribution in [2.45, 2.75) is 25.7 Å². The van der Waals surface area contributed by atoms with E-state index in [1.807, 2.05) is 26.8 Å². The molecule has 3 rings (SSSR count). The third-order valence-corrected chi connectivity index (χ3v) is 7.23. The van der Waals surface area contributed by atoms with Gasteiger partial charge in [-0.2, -0.15) is 4.31 Å². The van der Waals surface area contributed by atoms with Crippen molar-refractivity contribution >= 4 is 27.7 Å². The van der Waals surface area contributed by atoms with Gasteiger partial charge in [-0.15, -0.1) is 0 Å². The topological polar surface area (TPSA) is 84.9 Å². The van der Waals surface area contributed by atoms with Crippen molar-refractivity contribution in [1.29, 1.82) is 0 Å². The molecule has 1 amide bonds. The highest BCUT2D eigenvalue weighted by molar-refractivity contribution is 7.89. The van der Waals surface area contributed by atoms with Crippen LogP contribution < -0.4 is 10.1 Å². The average Bonchev–Trinajstić information content (AvgIpc) is 2.76. The number of methoxy groups -OCH3 is 1. The van der Waals surface area contributed by atoms with Crippen LogP contribution >= 0.6 is 0 Å². The minimum absolute atomic E-state index is 0.0967. The number of ether oxygens (including phenoxy) is 2. The highest BCUT2D eigenvalue weighted by Crippen LogP contribution is 2.29. The van der Waals surface area contributed by atoms with Crippen molar-refractivity contribution in [3.8, 4) is 5.75 Å². The second-order valence-corrected chi connectivity index (χ2v) is 9.43. The van der Waals surface area contributed by atoms with E-state index in [2.05, 4.69) is 11.4 Å². The zero-order chi connectivity index (χ0) is 22.6. The minimum Gasteiger partial charge on any atom is -0.495 e. The molecule has 0 spiro atoms. The van der Waals surface area contributed by atoms with Crippen molar-refractivity contribution in [2.75, 3.05) is 38.7 Å². The van der Waals surface area contributed by atoms with Crippen LogP contribution in [0.4, 0.5) is 5.69 Å². The van der Waals surface area contributed by atoms with Gasteiger partial charge in [0.1, 0.15) is 5.75 Å². The van der Waals surface area contributed by atoms with Crippen molar-refractivity contribution in [3.05, 3.63) is 58.7 Å². The highest BCUT2D eigenvalue weighted by Gasteiger charge is 2.27. The third kappa shape index (κ3) is 5.33. The van der Waals surface area contributed by atoms with Gasteiger partial charge in [0.05, 0.1) is 30.9 Å². The van der Waals surface area contributed by atoms with Gasteiger partial charge in [0.15, 0.2) is 0 Å². The number of benzene rings is 2. The minimum atomic E-state index is -3.69. The zero-order valence-corrected chi connectivity index (χ0v) is 19.1. The standard InChI is InChI=1S/C23H28N2O5S/c1-16-13-18(3)19(14-17(16)2)5-8-23(26)24-21-15-20(6-7-22(21)29-4)31(27,28)25-9-11-30-12-10-25/h5-8,13-15H,9-12H2,1-4H3,(H,24,26)/b8-5+. The Bertz CT molecular complexity index is 1100. The first-order valence-electron chi connectivity index (χ1n) is 10.0. The SMILES string of the molecule is COc1ccc(S(=O)(=O)N2CCOCC2)cc1NC(=O)/C=C/c1cc(C)c(C)cc1C. The Morgan fingerprint density at radius 3 is 2.42 bits per heavy atom. The molecule has 1 aliphatic heterocycles. The number of aryl methyl sites for hydroxylation is 3. The lowest BCUT2D eigenvalue weighted by atomic mass is 10.0. The Hall–Kier alpha value is -2.68. The summed E-state index contributed by atoms with van der Waals surface area (Å²) in [6.07, 6.45) is 3.18. The smallest absolute Gasteiger partial charge is 0.248 e. The number of sulfonamides is 1. The molecule has 1 saturated heterocycles. The molecule has 2 aromatic carbocycles. The first-order valence-corrected chi connectivity index (χ1v) is 11.5. The van der Waals surface area contributed by atoms with Crippen LogP contribution in [0.25, 0.3) is 6.08 Å². The van der Waals surface area contributed by atoms with Crippen molar-refractivity contribution < 1.29 is 22.7 Å². The maximum Gasteiger partial charge on any atom is 0.248 e. The van der Waals surface area contributed by atoms with Crippen molar-refractivity contribution in [3.63, 3.8) is 0 Å². The Labute approximate surface area is 183 Å². The number of hydrogen-bond donors (Lipinski definition) is 1. The molecule has 8 heteroatoms. The maximum absolute atomic E-state index is 12.9. The van der Waals surface area contributed by atoms with Gasteiger partial charge in [0.2, 0.25) is 15.9 Å². The summed E-state index contributed by atoms with van der Waals surface area (Å²) in [5.74, 6) is 0.00175. The fourth-order valence-corrected chi connectivity index (χ4v) is 4.82. The molecule has 0 aliphatic carbocycles. The highest BCUT2D eigenvalue weighted by atomic mass is 32.2. The van der Waals surface area contributed by atoms with Crippen LogP contribution in [0.15, 0.2) is 41.3 Å². The summed E-state index contributed by atoms with van der Waals surface area (Å²) in [6, 6.07) is 8.56. The van der Waals surface area contributed by atoms with E-state index in [1.54, 1.807) is 12.1 Å². The van der Waals surface area contributed by atoms with Gasteiger partial charge in [-0.3, -0.25) is 4.79 Å². The number of carbonyl (C=O) groups is 1. The van der Waals surface area contributed by atoms with Crippen LogP contribution in [0.2, 0.25) is 0 Å². The van der Waals surface area contributed by atoms with Gasteiger partial charge in [-0.25, -0.2) is 8.42 Å². The summed E-state index contributed by atoms with van der Waals surface area (Å²) in [6.45, 7) is 7.39. The monoisotopic (exact) mass is 444 g/mol. The first-order chi connectivity index (χ1) is 14.7. The summed E-state index contributed by atoms with van der Waals surface area (Å²) in [7, 11) is -2.22. The number of anilines is 1. The van der Waals surface area contributed by atoms with Crippen LogP contribution in [-0.2, 0) is 19.6 Å². The Morgan fingerprint density at radius 2 is 1.74 bits per heavy atom. The molecule has 0 aromatic heterocycles. The predicted octanol–water partition coefficient (Wildman–Crippen LogP) is 3.29. The lowest BCUT2D eigenvalue weighted by molar-refractivity contribution is -0.111. The Kier molecular flexibility index (Phi) is 7.15. The second-order valence-electron chi connectivity index (χ2n) is 7.49. The molecule has 0 radical (unpaired) electrons. The third-order valence-electron chi connectivity index (χ3n) is 5.33. The van der Waals surface area contributed by atoms with Gasteiger partial charge < -0.3 is 14.8 Å². The van der Waals surface area contributed by atoms with Crippen LogP contribution in [-0.4, -0.2) is 52.0 Å². The largest absolute Gasteiger partial charge is 0.495 e. The number of amides is 1. The van der Waals surface area contributed by atoms with Gasteiger partial charge in [-0.1, -0.05) is 12.1 Å². The second kappa shape index (κ2) is 9.64. The fourth-order valence-electron chi connectivity index (χ4n) is 3.38. The van der Waals surface area contributed by atoms with Gasteiger partial charge in [-0.05, 0) is 67.3 Å². The molecule has 2 aromatic rings. The molecule has 1 N–H and O–H groups in total. The van der Waals surface area contributed by atoms with Crippen molar-refractivity contribution in [1.82, 2.24) is 4.31 Å². The van der Waals surface area contributed by atoms with E-state index in [-0.39, 0.29) is 10.8 Å². The van der Waals surface area contributed by atoms with Crippen LogP contribution in [0.5, 0.6) is 5.75 Å². The summed E-state index contributed by atoms with van der Waals surface area (Å²) in [5.41, 5.74) is 4.66. The van der Waals surface area contributed by atoms with E-state index in [0.717, 1.165) is 16.7 Å². The molecule has 0 bridgehead atoms. The molecule has 0 atom stereocenters. The summed E-state index contributed by atoms with van der Waals surface area (Å²) in [4.78, 5) is 12.6. The molecule has 1 heterocycles. The maximum atomic E-state index is 12.9. The number of nitrogens with one attached hydrogen (secondary N) is 1. The van der Waals surface area contributed by atoms with Crippen LogP contribution in [0.3, 0.4) is 0 Å². The number of morpholine rings is 1. The molecule has 1 fully saturated rings. The number of rotatable bonds is 6. The van der Waals surface area contributed by atoms with Gasteiger partial charge in [0, 0.05) is 19.2 Å². The fraction of sp³-hybridized carbons (Fsp3) is 0.348. The lowest BCUT2D eigenvalue weighted by Crippen LogP contribution is -2.40. The summed E-state index contributed by atoms with van der Waals surface area (Å²) < 4.78 is 37.8. The molecule has 166 valence electrons. The Morgan fingerprint density at radius 1 is 1.06 bits per heavy atom. The average molecular weight is 445 g/mol. The summed E-state index contributed by atoms with van der Waals surface area (Å²) in [5, 5.41) is 2.73. The van der Waals surface area contributed by atoms with Crippen molar-refractivity contribution in [2.24, 2.45) is 0 Å². The number of carbonyl (C=O) groups excluding carboxylic acids is 1. The zero-order valence-electron chi connectivity index (χ0n) is 18.3. The number of nitrogens with zero attached hydrogens (tertiary/aromatic N) is 1. The predicted molar refractivity (Wildman–Crippen MR) is 121 cm³/mol. The van der Waals surface area contributed by atoms with E-state index in [1.165, 1.54) is 35.2 Å². The van der Waals surface area contributed by atoms with E-state index in [9.17, 15) is 13.2 Å². The number of hydrogen-bond acceptors (Lipinski definition) is 5. The molecular formula is C23H28N2O5S. The molecule has 1 aliphatic rings. The molecule has 0 unspecified atom stereocenters. The lowest BCUT2D eigenvalue weighted by Gasteiger charge is -2.26. The van der Waals surface area contributed by atoms with Crippen LogP contribution in [0.1, 0.15) is 22.3 Å². The van der Waals surface area contributed by atoms with Crippen LogP contribution in [0, 0.1) is 20.8 Å². The first kappa shape index (κ1) is 23.0. The van der Waals surface area contributed by atoms with E-state index in [0.29, 0.717) is 37.7 Å². The summed E-state index contributed by atoms with van der Waals surface area (Å²) >= 11 is 0. The Balaban J connectivity index is 1.82. The van der Waals surface area contributed by atoms with E-state index < -0.39 is 10.0 Å². The van der Waals surface area contributed by atoms with E-state index >= 15 is 0 Å². The van der Waals surface area contributed by atoms with Gasteiger partial charge >= 0.3 is 0 Å².